The van der Waals surface area contributed by atoms with Crippen LogP contribution in [0.15, 0.2) is 18.3 Å². The Balaban J connectivity index is 2.71. The Morgan fingerprint density at radius 2 is 2.29 bits per heavy atom. The molecule has 0 bridgehead atoms. The van der Waals surface area contributed by atoms with E-state index in [1.807, 2.05) is 13.0 Å². The van der Waals surface area contributed by atoms with Gasteiger partial charge in [-0.15, -0.1) is 0 Å². The Labute approximate surface area is 83.3 Å². The Morgan fingerprint density at radius 1 is 1.57 bits per heavy atom. The van der Waals surface area contributed by atoms with Gasteiger partial charge in [0, 0.05) is 19.2 Å². The van der Waals surface area contributed by atoms with Crippen LogP contribution in [0.25, 0.3) is 0 Å². The molecule has 0 saturated carbocycles. The maximum absolute atomic E-state index is 10.8. The number of ether oxygens (including phenoxy) is 1. The van der Waals surface area contributed by atoms with Gasteiger partial charge in [0.05, 0.1) is 13.2 Å². The van der Waals surface area contributed by atoms with Crippen molar-refractivity contribution in [2.24, 2.45) is 0 Å². The second kappa shape index (κ2) is 4.60. The fourth-order valence-corrected chi connectivity index (χ4v) is 1.16. The van der Waals surface area contributed by atoms with Crippen LogP contribution in [0.4, 0.5) is 0 Å². The predicted molar refractivity (Wildman–Crippen MR) is 53.0 cm³/mol. The maximum Gasteiger partial charge on any atom is 0.217 e. The second-order valence-electron chi connectivity index (χ2n) is 3.06. The van der Waals surface area contributed by atoms with E-state index < -0.39 is 0 Å². The van der Waals surface area contributed by atoms with Crippen molar-refractivity contribution in [1.29, 1.82) is 0 Å². The third-order valence-electron chi connectivity index (χ3n) is 1.89. The lowest BCUT2D eigenvalue weighted by Crippen LogP contribution is -2.23. The van der Waals surface area contributed by atoms with Crippen molar-refractivity contribution in [2.45, 2.75) is 19.9 Å². The molecule has 0 aromatic carbocycles. The first kappa shape index (κ1) is 10.5. The number of carbonyl (C=O) groups is 1. The number of pyridine rings is 1. The first-order chi connectivity index (χ1) is 6.63. The molecule has 0 fully saturated rings. The van der Waals surface area contributed by atoms with E-state index >= 15 is 0 Å². The van der Waals surface area contributed by atoms with Gasteiger partial charge in [0.2, 0.25) is 11.8 Å². The van der Waals surface area contributed by atoms with Gasteiger partial charge in [-0.25, -0.2) is 4.98 Å². The predicted octanol–water partition coefficient (Wildman–Crippen LogP) is 1.29. The van der Waals surface area contributed by atoms with Gasteiger partial charge in [0.15, 0.2) is 0 Å². The van der Waals surface area contributed by atoms with E-state index in [0.29, 0.717) is 5.88 Å². The third-order valence-corrected chi connectivity index (χ3v) is 1.89. The lowest BCUT2D eigenvalue weighted by molar-refractivity contribution is -0.119. The number of aromatic nitrogens is 1. The monoisotopic (exact) mass is 194 g/mol. The second-order valence-corrected chi connectivity index (χ2v) is 3.06. The van der Waals surface area contributed by atoms with Gasteiger partial charge in [-0.3, -0.25) is 4.79 Å². The average Bonchev–Trinajstić information content (AvgIpc) is 2.17. The van der Waals surface area contributed by atoms with Crippen molar-refractivity contribution >= 4 is 5.91 Å². The average molecular weight is 194 g/mol. The summed E-state index contributed by atoms with van der Waals surface area (Å²) in [5.74, 6) is 0.525. The molecule has 0 saturated heterocycles. The zero-order valence-electron chi connectivity index (χ0n) is 8.57. The zero-order valence-corrected chi connectivity index (χ0v) is 8.57. The number of carbonyl (C=O) groups excluding carboxylic acids is 1. The van der Waals surface area contributed by atoms with Crippen LogP contribution in [-0.2, 0) is 4.79 Å². The molecule has 1 atom stereocenters. The van der Waals surface area contributed by atoms with Crippen molar-refractivity contribution in [2.75, 3.05) is 7.11 Å². The molecular formula is C10H14N2O2. The van der Waals surface area contributed by atoms with Gasteiger partial charge >= 0.3 is 0 Å². The number of rotatable bonds is 3. The van der Waals surface area contributed by atoms with E-state index in [2.05, 4.69) is 10.3 Å². The summed E-state index contributed by atoms with van der Waals surface area (Å²) in [6, 6.07) is 3.63. The Morgan fingerprint density at radius 3 is 2.71 bits per heavy atom. The summed E-state index contributed by atoms with van der Waals surface area (Å²) in [5, 5.41) is 2.78. The molecule has 14 heavy (non-hydrogen) atoms. The largest absolute Gasteiger partial charge is 0.481 e. The summed E-state index contributed by atoms with van der Waals surface area (Å²) >= 11 is 0. The van der Waals surface area contributed by atoms with E-state index in [9.17, 15) is 4.79 Å². The van der Waals surface area contributed by atoms with Crippen LogP contribution >= 0.6 is 0 Å². The molecule has 1 amide bonds. The highest BCUT2D eigenvalue weighted by molar-refractivity contribution is 5.73. The maximum atomic E-state index is 10.8. The summed E-state index contributed by atoms with van der Waals surface area (Å²) < 4.78 is 4.93. The zero-order chi connectivity index (χ0) is 10.6. The smallest absolute Gasteiger partial charge is 0.217 e. The van der Waals surface area contributed by atoms with E-state index in [1.165, 1.54) is 6.92 Å². The number of hydrogen-bond donors (Lipinski definition) is 1. The molecule has 76 valence electrons. The molecule has 1 N–H and O–H groups in total. The van der Waals surface area contributed by atoms with Gasteiger partial charge in [-0.1, -0.05) is 6.07 Å². The molecule has 4 heteroatoms. The molecule has 0 radical (unpaired) electrons. The van der Waals surface area contributed by atoms with Crippen LogP contribution in [0.1, 0.15) is 25.5 Å². The van der Waals surface area contributed by atoms with Gasteiger partial charge < -0.3 is 10.1 Å². The normalized spacial score (nSPS) is 11.9. The molecule has 4 nitrogen and oxygen atoms in total. The molecule has 0 aliphatic heterocycles. The summed E-state index contributed by atoms with van der Waals surface area (Å²) in [6.45, 7) is 3.40. The van der Waals surface area contributed by atoms with E-state index in [4.69, 9.17) is 4.74 Å². The minimum atomic E-state index is -0.0479. The summed E-state index contributed by atoms with van der Waals surface area (Å²) in [4.78, 5) is 14.8. The van der Waals surface area contributed by atoms with Crippen LogP contribution in [0, 0.1) is 0 Å². The SMILES string of the molecule is COc1ccc(C(C)NC(C)=O)cn1. The van der Waals surface area contributed by atoms with Crippen LogP contribution < -0.4 is 10.1 Å². The fraction of sp³-hybridized carbons (Fsp3) is 0.400. The van der Waals surface area contributed by atoms with Crippen molar-refractivity contribution < 1.29 is 9.53 Å². The molecule has 1 unspecified atom stereocenters. The number of amides is 1. The summed E-state index contributed by atoms with van der Waals surface area (Å²) in [6.07, 6.45) is 1.69. The van der Waals surface area contributed by atoms with Crippen molar-refractivity contribution in [3.8, 4) is 5.88 Å². The lowest BCUT2D eigenvalue weighted by Gasteiger charge is -2.12. The van der Waals surface area contributed by atoms with Crippen LogP contribution in [0.2, 0.25) is 0 Å². The highest BCUT2D eigenvalue weighted by Gasteiger charge is 2.06. The standard InChI is InChI=1S/C10H14N2O2/c1-7(12-8(2)13)9-4-5-10(14-3)11-6-9/h4-7H,1-3H3,(H,12,13). The number of methoxy groups -OCH3 is 1. The Bertz CT molecular complexity index is 308. The highest BCUT2D eigenvalue weighted by Crippen LogP contribution is 2.13. The van der Waals surface area contributed by atoms with Gasteiger partial charge in [-0.05, 0) is 12.5 Å². The molecule has 1 aromatic heterocycles. The summed E-state index contributed by atoms with van der Waals surface area (Å²) in [7, 11) is 1.57. The molecule has 1 rings (SSSR count). The van der Waals surface area contributed by atoms with E-state index in [-0.39, 0.29) is 11.9 Å². The molecule has 0 aliphatic carbocycles. The number of nitrogens with zero attached hydrogens (tertiary/aromatic N) is 1. The van der Waals surface area contributed by atoms with Gasteiger partial charge in [0.25, 0.3) is 0 Å². The topological polar surface area (TPSA) is 51.2 Å². The molecule has 1 heterocycles. The van der Waals surface area contributed by atoms with Crippen LogP contribution in [0.3, 0.4) is 0 Å². The van der Waals surface area contributed by atoms with Crippen molar-refractivity contribution in [3.05, 3.63) is 23.9 Å². The number of hydrogen-bond acceptors (Lipinski definition) is 3. The van der Waals surface area contributed by atoms with Gasteiger partial charge in [0.1, 0.15) is 0 Å². The molecule has 1 aromatic rings. The van der Waals surface area contributed by atoms with Crippen molar-refractivity contribution in [3.63, 3.8) is 0 Å². The van der Waals surface area contributed by atoms with Crippen LogP contribution in [0.5, 0.6) is 5.88 Å². The van der Waals surface area contributed by atoms with E-state index in [1.54, 1.807) is 19.4 Å². The highest BCUT2D eigenvalue weighted by atomic mass is 16.5. The minimum absolute atomic E-state index is 0.0223. The fourth-order valence-electron chi connectivity index (χ4n) is 1.16. The van der Waals surface area contributed by atoms with Crippen molar-refractivity contribution in [1.82, 2.24) is 10.3 Å². The third kappa shape index (κ3) is 2.73. The Hall–Kier alpha value is -1.58. The summed E-state index contributed by atoms with van der Waals surface area (Å²) in [5.41, 5.74) is 0.959. The minimum Gasteiger partial charge on any atom is -0.481 e. The van der Waals surface area contributed by atoms with Gasteiger partial charge in [-0.2, -0.15) is 0 Å². The lowest BCUT2D eigenvalue weighted by atomic mass is 10.1. The molecule has 0 spiro atoms. The molecule has 0 aliphatic rings. The van der Waals surface area contributed by atoms with Crippen LogP contribution in [-0.4, -0.2) is 18.0 Å². The first-order valence-electron chi connectivity index (χ1n) is 4.40. The number of nitrogens with one attached hydrogen (secondary N) is 1. The molecular weight excluding hydrogens is 180 g/mol. The first-order valence-corrected chi connectivity index (χ1v) is 4.40. The van der Waals surface area contributed by atoms with E-state index in [0.717, 1.165) is 5.56 Å². The Kier molecular flexibility index (Phi) is 3.45. The quantitative estimate of drug-likeness (QED) is 0.788.